The van der Waals surface area contributed by atoms with Gasteiger partial charge in [-0.2, -0.15) is 0 Å². The van der Waals surface area contributed by atoms with Gasteiger partial charge in [0.15, 0.2) is 0 Å². The minimum Gasteiger partial charge on any atom is -0.354 e. The van der Waals surface area contributed by atoms with Gasteiger partial charge in [0.05, 0.1) is 0 Å². The molecule has 2 rings (SSSR count). The first kappa shape index (κ1) is 15.7. The van der Waals surface area contributed by atoms with Crippen LogP contribution in [0.2, 0.25) is 0 Å². The van der Waals surface area contributed by atoms with Crippen molar-refractivity contribution < 1.29 is 4.79 Å². The van der Waals surface area contributed by atoms with E-state index >= 15 is 0 Å². The van der Waals surface area contributed by atoms with Crippen molar-refractivity contribution in [3.05, 3.63) is 0 Å². The maximum atomic E-state index is 12.1. The molecule has 0 bridgehead atoms. The second-order valence-electron chi connectivity index (χ2n) is 5.33. The van der Waals surface area contributed by atoms with Crippen molar-refractivity contribution in [3.8, 4) is 0 Å². The maximum Gasteiger partial charge on any atom is 0.226 e. The lowest BCUT2D eigenvalue weighted by Crippen LogP contribution is -2.49. The first-order chi connectivity index (χ1) is 8.27. The molecule has 2 fully saturated rings. The van der Waals surface area contributed by atoms with Gasteiger partial charge in [-0.3, -0.25) is 9.69 Å². The van der Waals surface area contributed by atoms with Crippen LogP contribution in [0.1, 0.15) is 32.6 Å². The summed E-state index contributed by atoms with van der Waals surface area (Å²) in [5, 5.41) is 6.46. The van der Waals surface area contributed by atoms with Gasteiger partial charge in [-0.15, -0.1) is 12.4 Å². The van der Waals surface area contributed by atoms with Crippen LogP contribution in [0.4, 0.5) is 0 Å². The van der Waals surface area contributed by atoms with E-state index in [0.29, 0.717) is 5.91 Å². The molecular weight excluding hydrogens is 250 g/mol. The molecule has 1 saturated carbocycles. The van der Waals surface area contributed by atoms with E-state index in [2.05, 4.69) is 22.5 Å². The standard InChI is InChI=1S/C13H25N3O.ClH/c1-2-13(4-3-5-13)12(17)15-8-11-16-9-6-14-7-10-16;/h14H,2-11H2,1H3,(H,15,17);1H. The highest BCUT2D eigenvalue weighted by molar-refractivity contribution is 5.85. The van der Waals surface area contributed by atoms with Gasteiger partial charge in [-0.1, -0.05) is 13.3 Å². The topological polar surface area (TPSA) is 44.4 Å². The van der Waals surface area contributed by atoms with Crippen LogP contribution in [-0.4, -0.2) is 50.1 Å². The number of carbonyl (C=O) groups is 1. The number of rotatable bonds is 5. The summed E-state index contributed by atoms with van der Waals surface area (Å²) in [6.45, 7) is 8.30. The Balaban J connectivity index is 0.00000162. The van der Waals surface area contributed by atoms with Crippen molar-refractivity contribution in [2.75, 3.05) is 39.3 Å². The third kappa shape index (κ3) is 3.59. The molecule has 0 aromatic rings. The van der Waals surface area contributed by atoms with Crippen molar-refractivity contribution in [3.63, 3.8) is 0 Å². The van der Waals surface area contributed by atoms with Crippen molar-refractivity contribution in [1.29, 1.82) is 0 Å². The summed E-state index contributed by atoms with van der Waals surface area (Å²) in [5.74, 6) is 0.293. The predicted molar refractivity (Wildman–Crippen MR) is 76.1 cm³/mol. The molecule has 1 amide bonds. The molecule has 2 aliphatic rings. The maximum absolute atomic E-state index is 12.1. The highest BCUT2D eigenvalue weighted by Gasteiger charge is 2.41. The molecule has 1 heterocycles. The van der Waals surface area contributed by atoms with Gasteiger partial charge in [-0.25, -0.2) is 0 Å². The smallest absolute Gasteiger partial charge is 0.226 e. The molecule has 2 N–H and O–H groups in total. The molecule has 0 aromatic heterocycles. The summed E-state index contributed by atoms with van der Waals surface area (Å²) >= 11 is 0. The second kappa shape index (κ2) is 7.31. The summed E-state index contributed by atoms with van der Waals surface area (Å²) in [4.78, 5) is 14.5. The van der Waals surface area contributed by atoms with Gasteiger partial charge >= 0.3 is 0 Å². The van der Waals surface area contributed by atoms with E-state index in [1.165, 1.54) is 6.42 Å². The van der Waals surface area contributed by atoms with Gasteiger partial charge in [0.25, 0.3) is 0 Å². The van der Waals surface area contributed by atoms with Gasteiger partial charge in [0.2, 0.25) is 5.91 Å². The fourth-order valence-electron chi connectivity index (χ4n) is 2.79. The fourth-order valence-corrected chi connectivity index (χ4v) is 2.79. The number of carbonyl (C=O) groups excluding carboxylic acids is 1. The van der Waals surface area contributed by atoms with E-state index in [1.54, 1.807) is 0 Å². The van der Waals surface area contributed by atoms with Crippen LogP contribution in [0, 0.1) is 5.41 Å². The number of hydrogen-bond acceptors (Lipinski definition) is 3. The average molecular weight is 276 g/mol. The summed E-state index contributed by atoms with van der Waals surface area (Å²) in [6, 6.07) is 0. The molecule has 0 spiro atoms. The summed E-state index contributed by atoms with van der Waals surface area (Å²) in [7, 11) is 0. The minimum atomic E-state index is -0.0105. The molecule has 5 heteroatoms. The normalized spacial score (nSPS) is 22.7. The van der Waals surface area contributed by atoms with Crippen LogP contribution in [0.25, 0.3) is 0 Å². The summed E-state index contributed by atoms with van der Waals surface area (Å²) < 4.78 is 0. The van der Waals surface area contributed by atoms with Gasteiger partial charge in [0.1, 0.15) is 0 Å². The minimum absolute atomic E-state index is 0. The van der Waals surface area contributed by atoms with Gasteiger partial charge in [-0.05, 0) is 19.3 Å². The number of nitrogens with zero attached hydrogens (tertiary/aromatic N) is 1. The van der Waals surface area contributed by atoms with Crippen molar-refractivity contribution in [2.45, 2.75) is 32.6 Å². The third-order valence-electron chi connectivity index (χ3n) is 4.39. The number of hydrogen-bond donors (Lipinski definition) is 2. The zero-order valence-corrected chi connectivity index (χ0v) is 12.2. The van der Waals surface area contributed by atoms with Crippen LogP contribution in [0.15, 0.2) is 0 Å². The van der Waals surface area contributed by atoms with Crippen molar-refractivity contribution >= 4 is 18.3 Å². The zero-order chi connectivity index (χ0) is 12.1. The monoisotopic (exact) mass is 275 g/mol. The van der Waals surface area contributed by atoms with E-state index in [4.69, 9.17) is 0 Å². The lowest BCUT2D eigenvalue weighted by molar-refractivity contribution is -0.136. The molecule has 0 aromatic carbocycles. The largest absolute Gasteiger partial charge is 0.354 e. The number of nitrogens with one attached hydrogen (secondary N) is 2. The zero-order valence-electron chi connectivity index (χ0n) is 11.3. The Labute approximate surface area is 116 Å². The third-order valence-corrected chi connectivity index (χ3v) is 4.39. The number of amides is 1. The molecule has 0 unspecified atom stereocenters. The van der Waals surface area contributed by atoms with Crippen LogP contribution in [0.3, 0.4) is 0 Å². The quantitative estimate of drug-likeness (QED) is 0.787. The van der Waals surface area contributed by atoms with Crippen molar-refractivity contribution in [2.24, 2.45) is 5.41 Å². The first-order valence-electron chi connectivity index (χ1n) is 6.98. The van der Waals surface area contributed by atoms with Gasteiger partial charge < -0.3 is 10.6 Å². The molecular formula is C13H26ClN3O. The Kier molecular flexibility index (Phi) is 6.39. The van der Waals surface area contributed by atoms with Gasteiger partial charge in [0, 0.05) is 44.7 Å². The molecule has 0 atom stereocenters. The second-order valence-corrected chi connectivity index (χ2v) is 5.33. The first-order valence-corrected chi connectivity index (χ1v) is 6.98. The Morgan fingerprint density at radius 3 is 2.50 bits per heavy atom. The molecule has 4 nitrogen and oxygen atoms in total. The highest BCUT2D eigenvalue weighted by atomic mass is 35.5. The Bertz CT molecular complexity index is 257. The van der Waals surface area contributed by atoms with E-state index in [1.807, 2.05) is 0 Å². The SMILES string of the molecule is CCC1(C(=O)NCCN2CCNCC2)CCC1.Cl. The van der Waals surface area contributed by atoms with Crippen LogP contribution >= 0.6 is 12.4 Å². The molecule has 1 aliphatic carbocycles. The van der Waals surface area contributed by atoms with Crippen molar-refractivity contribution in [1.82, 2.24) is 15.5 Å². The van der Waals surface area contributed by atoms with Crippen LogP contribution in [0.5, 0.6) is 0 Å². The Hall–Kier alpha value is -0.320. The van der Waals surface area contributed by atoms with E-state index in [-0.39, 0.29) is 17.8 Å². The van der Waals surface area contributed by atoms with Crippen LogP contribution < -0.4 is 10.6 Å². The number of halogens is 1. The number of piperazine rings is 1. The highest BCUT2D eigenvalue weighted by Crippen LogP contribution is 2.43. The molecule has 1 saturated heterocycles. The lowest BCUT2D eigenvalue weighted by atomic mass is 9.66. The van der Waals surface area contributed by atoms with E-state index in [0.717, 1.165) is 58.5 Å². The summed E-state index contributed by atoms with van der Waals surface area (Å²) in [6.07, 6.45) is 4.39. The van der Waals surface area contributed by atoms with E-state index in [9.17, 15) is 4.79 Å². The van der Waals surface area contributed by atoms with E-state index < -0.39 is 0 Å². The Morgan fingerprint density at radius 2 is 2.00 bits per heavy atom. The Morgan fingerprint density at radius 1 is 1.33 bits per heavy atom. The summed E-state index contributed by atoms with van der Waals surface area (Å²) in [5.41, 5.74) is -0.0105. The lowest BCUT2D eigenvalue weighted by Gasteiger charge is -2.39. The fraction of sp³-hybridized carbons (Fsp3) is 0.923. The van der Waals surface area contributed by atoms with Crippen LogP contribution in [-0.2, 0) is 4.79 Å². The molecule has 18 heavy (non-hydrogen) atoms. The molecule has 1 aliphatic heterocycles. The average Bonchev–Trinajstić information content (AvgIpc) is 2.30. The molecule has 0 radical (unpaired) electrons. The predicted octanol–water partition coefficient (Wildman–Crippen LogP) is 1.01. The molecule has 106 valence electrons.